The molecule has 4 heteroatoms. The Labute approximate surface area is 122 Å². The summed E-state index contributed by atoms with van der Waals surface area (Å²) in [5, 5.41) is 4.06. The fraction of sp³-hybridized carbons (Fsp3) is 0.118. The van der Waals surface area contributed by atoms with Gasteiger partial charge < -0.3 is 10.3 Å². The highest BCUT2D eigenvalue weighted by molar-refractivity contribution is 5.87. The van der Waals surface area contributed by atoms with E-state index in [1.54, 1.807) is 12.1 Å². The van der Waals surface area contributed by atoms with Crippen LogP contribution >= 0.6 is 0 Å². The number of nitrogen functional groups attached to an aromatic ring is 1. The molecule has 0 aliphatic rings. The van der Waals surface area contributed by atoms with Crippen molar-refractivity contribution in [3.8, 4) is 22.4 Å². The molecule has 0 saturated heterocycles. The van der Waals surface area contributed by atoms with Crippen LogP contribution in [0.4, 0.5) is 10.3 Å². The summed E-state index contributed by atoms with van der Waals surface area (Å²) in [4.78, 5) is 0. The fourth-order valence-corrected chi connectivity index (χ4v) is 2.49. The van der Waals surface area contributed by atoms with Crippen molar-refractivity contribution in [2.45, 2.75) is 13.8 Å². The number of aromatic nitrogens is 1. The molecule has 0 fully saturated rings. The van der Waals surface area contributed by atoms with E-state index in [1.807, 2.05) is 26.0 Å². The van der Waals surface area contributed by atoms with Crippen molar-refractivity contribution in [3.63, 3.8) is 0 Å². The molecule has 0 bridgehead atoms. The van der Waals surface area contributed by atoms with Crippen LogP contribution < -0.4 is 5.73 Å². The molecule has 0 spiro atoms. The van der Waals surface area contributed by atoms with E-state index in [1.165, 1.54) is 17.7 Å². The summed E-state index contributed by atoms with van der Waals surface area (Å²) in [6.45, 7) is 4.03. The number of nitrogens with two attached hydrogens (primary N) is 1. The molecule has 3 aromatic rings. The number of halogens is 1. The molecule has 0 unspecified atom stereocenters. The van der Waals surface area contributed by atoms with Gasteiger partial charge in [-0.3, -0.25) is 0 Å². The van der Waals surface area contributed by atoms with Crippen molar-refractivity contribution in [1.82, 2.24) is 5.16 Å². The largest absolute Gasteiger partial charge is 0.367 e. The molecule has 0 atom stereocenters. The Balaban J connectivity index is 2.22. The highest BCUT2D eigenvalue weighted by atomic mass is 19.1. The molecular weight excluding hydrogens is 267 g/mol. The van der Waals surface area contributed by atoms with Crippen LogP contribution in [0.5, 0.6) is 0 Å². The second-order valence-electron chi connectivity index (χ2n) is 5.10. The lowest BCUT2D eigenvalue weighted by molar-refractivity contribution is 0.439. The third-order valence-electron chi connectivity index (χ3n) is 3.47. The maximum atomic E-state index is 13.5. The van der Waals surface area contributed by atoms with Gasteiger partial charge in [-0.15, -0.1) is 0 Å². The fourth-order valence-electron chi connectivity index (χ4n) is 2.49. The lowest BCUT2D eigenvalue weighted by Gasteiger charge is -2.07. The molecule has 3 rings (SSSR count). The van der Waals surface area contributed by atoms with Crippen molar-refractivity contribution in [2.24, 2.45) is 0 Å². The number of hydrogen-bond donors (Lipinski definition) is 1. The maximum Gasteiger partial charge on any atom is 0.230 e. The van der Waals surface area contributed by atoms with E-state index < -0.39 is 0 Å². The predicted molar refractivity (Wildman–Crippen MR) is 81.2 cm³/mol. The summed E-state index contributed by atoms with van der Waals surface area (Å²) in [7, 11) is 0. The molecule has 0 aliphatic heterocycles. The van der Waals surface area contributed by atoms with Gasteiger partial charge in [0.05, 0.1) is 5.56 Å². The molecular formula is C17H15FN2O. The lowest BCUT2D eigenvalue weighted by Crippen LogP contribution is -1.90. The van der Waals surface area contributed by atoms with E-state index >= 15 is 0 Å². The van der Waals surface area contributed by atoms with Crippen LogP contribution in [-0.2, 0) is 0 Å². The van der Waals surface area contributed by atoms with E-state index in [-0.39, 0.29) is 11.7 Å². The van der Waals surface area contributed by atoms with Gasteiger partial charge in [0.1, 0.15) is 11.5 Å². The zero-order valence-corrected chi connectivity index (χ0v) is 11.9. The Bertz CT molecular complexity index is 808. The molecule has 1 heterocycles. The van der Waals surface area contributed by atoms with Crippen LogP contribution in [0.2, 0.25) is 0 Å². The average molecular weight is 282 g/mol. The summed E-state index contributed by atoms with van der Waals surface area (Å²) in [6.07, 6.45) is 0. The summed E-state index contributed by atoms with van der Waals surface area (Å²) in [6, 6.07) is 12.3. The topological polar surface area (TPSA) is 52.0 Å². The average Bonchev–Trinajstić information content (AvgIpc) is 2.80. The monoisotopic (exact) mass is 282 g/mol. The Morgan fingerprint density at radius 2 is 1.90 bits per heavy atom. The first kappa shape index (κ1) is 13.4. The van der Waals surface area contributed by atoms with Crippen molar-refractivity contribution in [2.75, 3.05) is 5.73 Å². The van der Waals surface area contributed by atoms with Gasteiger partial charge in [0.2, 0.25) is 5.88 Å². The van der Waals surface area contributed by atoms with Gasteiger partial charge in [0.25, 0.3) is 0 Å². The number of anilines is 1. The number of aryl methyl sites for hydroxylation is 2. The molecule has 3 nitrogen and oxygen atoms in total. The van der Waals surface area contributed by atoms with E-state index in [4.69, 9.17) is 10.3 Å². The van der Waals surface area contributed by atoms with Crippen molar-refractivity contribution < 1.29 is 8.91 Å². The van der Waals surface area contributed by atoms with Gasteiger partial charge in [-0.05, 0) is 37.1 Å². The Morgan fingerprint density at radius 3 is 2.62 bits per heavy atom. The maximum absolute atomic E-state index is 13.5. The van der Waals surface area contributed by atoms with E-state index in [9.17, 15) is 4.39 Å². The highest BCUT2D eigenvalue weighted by Crippen LogP contribution is 2.37. The van der Waals surface area contributed by atoms with E-state index in [0.29, 0.717) is 16.8 Å². The molecule has 2 N–H and O–H groups in total. The van der Waals surface area contributed by atoms with Gasteiger partial charge in [-0.25, -0.2) is 4.39 Å². The second kappa shape index (κ2) is 5.05. The minimum absolute atomic E-state index is 0.190. The van der Waals surface area contributed by atoms with Crippen LogP contribution in [-0.4, -0.2) is 5.16 Å². The zero-order chi connectivity index (χ0) is 15.0. The summed E-state index contributed by atoms with van der Waals surface area (Å²) in [5.41, 5.74) is 11.0. The van der Waals surface area contributed by atoms with E-state index in [0.717, 1.165) is 11.1 Å². The molecule has 0 radical (unpaired) electrons. The van der Waals surface area contributed by atoms with Crippen LogP contribution in [0.1, 0.15) is 11.1 Å². The SMILES string of the molecule is Cc1ccc(-c2noc(N)c2-c2cccc(F)c2)c(C)c1. The zero-order valence-electron chi connectivity index (χ0n) is 11.9. The second-order valence-corrected chi connectivity index (χ2v) is 5.10. The minimum atomic E-state index is -0.320. The van der Waals surface area contributed by atoms with Gasteiger partial charge in [-0.2, -0.15) is 0 Å². The Morgan fingerprint density at radius 1 is 1.10 bits per heavy atom. The molecule has 106 valence electrons. The Kier molecular flexibility index (Phi) is 3.22. The van der Waals surface area contributed by atoms with Gasteiger partial charge in [0.15, 0.2) is 0 Å². The van der Waals surface area contributed by atoms with Gasteiger partial charge in [-0.1, -0.05) is 41.1 Å². The third-order valence-corrected chi connectivity index (χ3v) is 3.47. The first-order valence-electron chi connectivity index (χ1n) is 6.65. The number of nitrogens with zero attached hydrogens (tertiary/aromatic N) is 1. The molecule has 0 saturated carbocycles. The van der Waals surface area contributed by atoms with Gasteiger partial charge >= 0.3 is 0 Å². The van der Waals surface area contributed by atoms with Crippen LogP contribution in [0.25, 0.3) is 22.4 Å². The summed E-state index contributed by atoms with van der Waals surface area (Å²) in [5.74, 6) is -0.129. The molecule has 0 aliphatic carbocycles. The normalized spacial score (nSPS) is 10.8. The van der Waals surface area contributed by atoms with Crippen LogP contribution in [0.15, 0.2) is 47.0 Å². The summed E-state index contributed by atoms with van der Waals surface area (Å²) < 4.78 is 18.6. The number of rotatable bonds is 2. The Hall–Kier alpha value is -2.62. The van der Waals surface area contributed by atoms with Crippen LogP contribution in [0, 0.1) is 19.7 Å². The number of benzene rings is 2. The van der Waals surface area contributed by atoms with Crippen molar-refractivity contribution in [3.05, 3.63) is 59.4 Å². The number of hydrogen-bond acceptors (Lipinski definition) is 3. The third kappa shape index (κ3) is 2.40. The first-order valence-corrected chi connectivity index (χ1v) is 6.65. The van der Waals surface area contributed by atoms with Crippen molar-refractivity contribution in [1.29, 1.82) is 0 Å². The van der Waals surface area contributed by atoms with Crippen LogP contribution in [0.3, 0.4) is 0 Å². The highest BCUT2D eigenvalue weighted by Gasteiger charge is 2.19. The standard InChI is InChI=1S/C17H15FN2O/c1-10-6-7-14(11(2)8-10)16-15(17(19)21-20-16)12-4-3-5-13(18)9-12/h3-9H,19H2,1-2H3. The first-order chi connectivity index (χ1) is 10.1. The van der Waals surface area contributed by atoms with Crippen molar-refractivity contribution >= 4 is 5.88 Å². The molecule has 21 heavy (non-hydrogen) atoms. The van der Waals surface area contributed by atoms with Gasteiger partial charge in [0, 0.05) is 5.56 Å². The van der Waals surface area contributed by atoms with E-state index in [2.05, 4.69) is 11.2 Å². The summed E-state index contributed by atoms with van der Waals surface area (Å²) >= 11 is 0. The quantitative estimate of drug-likeness (QED) is 0.760. The minimum Gasteiger partial charge on any atom is -0.367 e. The lowest BCUT2D eigenvalue weighted by atomic mass is 9.97. The molecule has 1 aromatic heterocycles. The smallest absolute Gasteiger partial charge is 0.230 e. The molecule has 0 amide bonds. The predicted octanol–water partition coefficient (Wildman–Crippen LogP) is 4.35. The molecule has 2 aromatic carbocycles.